The summed E-state index contributed by atoms with van der Waals surface area (Å²) in [7, 11) is 0. The molecule has 1 N–H and O–H groups in total. The molecule has 37 heavy (non-hydrogen) atoms. The Kier molecular flexibility index (Phi) is 7.55. The highest BCUT2D eigenvalue weighted by Crippen LogP contribution is 2.34. The standard InChI is InChI=1S/C32H42N4O/c1-22(2)18-27-19-25(12-13-33-27)30-21-36(28-9-6-24(5)7-10-28)31-20-26(8-11-29(30)31)32(37)35-16-14-34(15-17-35)23(3)4/h6-12,20-23,27,33H,13-19H2,1-5H3. The van der Waals surface area contributed by atoms with Crippen molar-refractivity contribution in [2.24, 2.45) is 5.92 Å². The van der Waals surface area contributed by atoms with Crippen molar-refractivity contribution in [2.45, 2.75) is 59.5 Å². The number of hydrogen-bond acceptors (Lipinski definition) is 3. The molecule has 0 radical (unpaired) electrons. The largest absolute Gasteiger partial charge is 0.336 e. The fourth-order valence-corrected chi connectivity index (χ4v) is 5.88. The number of fused-ring (bicyclic) bond motifs is 1. The summed E-state index contributed by atoms with van der Waals surface area (Å²) in [5, 5.41) is 4.90. The summed E-state index contributed by atoms with van der Waals surface area (Å²) in [6.07, 6.45) is 6.84. The van der Waals surface area contributed by atoms with Gasteiger partial charge >= 0.3 is 0 Å². The molecule has 0 bridgehead atoms. The summed E-state index contributed by atoms with van der Waals surface area (Å²) < 4.78 is 2.28. The second-order valence-corrected chi connectivity index (χ2v) is 11.6. The highest BCUT2D eigenvalue weighted by molar-refractivity contribution is 6.01. The van der Waals surface area contributed by atoms with Crippen LogP contribution in [0, 0.1) is 12.8 Å². The number of hydrogen-bond donors (Lipinski definition) is 1. The van der Waals surface area contributed by atoms with E-state index in [-0.39, 0.29) is 5.91 Å². The van der Waals surface area contributed by atoms with Gasteiger partial charge < -0.3 is 14.8 Å². The molecule has 1 unspecified atom stereocenters. The van der Waals surface area contributed by atoms with Crippen LogP contribution in [-0.4, -0.2) is 65.1 Å². The minimum atomic E-state index is 0.140. The van der Waals surface area contributed by atoms with Crippen LogP contribution in [-0.2, 0) is 0 Å². The van der Waals surface area contributed by atoms with E-state index in [1.165, 1.54) is 28.5 Å². The van der Waals surface area contributed by atoms with Crippen molar-refractivity contribution >= 4 is 22.4 Å². The third-order valence-corrected chi connectivity index (χ3v) is 8.02. The lowest BCUT2D eigenvalue weighted by Gasteiger charge is -2.37. The SMILES string of the molecule is Cc1ccc(-n2cc(C3=CCNC(CC(C)C)C3)c3ccc(C(=O)N4CCN(C(C)C)CC4)cc32)cc1. The number of piperazine rings is 1. The number of nitrogens with zero attached hydrogens (tertiary/aromatic N) is 3. The van der Waals surface area contributed by atoms with E-state index in [0.717, 1.165) is 55.9 Å². The quantitative estimate of drug-likeness (QED) is 0.460. The van der Waals surface area contributed by atoms with Gasteiger partial charge in [0.25, 0.3) is 5.91 Å². The summed E-state index contributed by atoms with van der Waals surface area (Å²) in [5.41, 5.74) is 6.95. The van der Waals surface area contributed by atoms with E-state index in [9.17, 15) is 4.79 Å². The molecule has 1 atom stereocenters. The van der Waals surface area contributed by atoms with Crippen LogP contribution in [0.4, 0.5) is 0 Å². The van der Waals surface area contributed by atoms with Crippen molar-refractivity contribution in [3.8, 4) is 5.69 Å². The average Bonchev–Trinajstić information content (AvgIpc) is 3.27. The number of aromatic nitrogens is 1. The maximum Gasteiger partial charge on any atom is 0.254 e. The number of nitrogens with one attached hydrogen (secondary N) is 1. The lowest BCUT2D eigenvalue weighted by atomic mass is 9.90. The van der Waals surface area contributed by atoms with Gasteiger partial charge in [-0.25, -0.2) is 0 Å². The Morgan fingerprint density at radius 3 is 2.41 bits per heavy atom. The summed E-state index contributed by atoms with van der Waals surface area (Å²) >= 11 is 0. The average molecular weight is 499 g/mol. The van der Waals surface area contributed by atoms with E-state index in [1.54, 1.807) is 0 Å². The Bertz CT molecular complexity index is 1280. The van der Waals surface area contributed by atoms with E-state index in [1.807, 2.05) is 11.0 Å². The van der Waals surface area contributed by atoms with Gasteiger partial charge in [0.05, 0.1) is 5.52 Å². The maximum absolute atomic E-state index is 13.5. The van der Waals surface area contributed by atoms with Crippen molar-refractivity contribution < 1.29 is 4.79 Å². The number of aryl methyl sites for hydroxylation is 1. The molecule has 2 aliphatic heterocycles. The second kappa shape index (κ2) is 10.8. The van der Waals surface area contributed by atoms with Crippen LogP contribution >= 0.6 is 0 Å². The third-order valence-electron chi connectivity index (χ3n) is 8.02. The van der Waals surface area contributed by atoms with Crippen LogP contribution < -0.4 is 5.32 Å². The predicted molar refractivity (Wildman–Crippen MR) is 154 cm³/mol. The molecular formula is C32H42N4O. The summed E-state index contributed by atoms with van der Waals surface area (Å²) in [6, 6.07) is 16.0. The lowest BCUT2D eigenvalue weighted by molar-refractivity contribution is 0.0595. The number of carbonyl (C=O) groups excluding carboxylic acids is 1. The minimum absolute atomic E-state index is 0.140. The van der Waals surface area contributed by atoms with Gasteiger partial charge in [-0.1, -0.05) is 43.7 Å². The summed E-state index contributed by atoms with van der Waals surface area (Å²) in [4.78, 5) is 18.0. The van der Waals surface area contributed by atoms with Crippen molar-refractivity contribution in [1.82, 2.24) is 19.7 Å². The normalized spacial score (nSPS) is 19.2. The van der Waals surface area contributed by atoms with Crippen LogP contribution in [0.25, 0.3) is 22.2 Å². The Balaban J connectivity index is 1.51. The molecule has 196 valence electrons. The number of amides is 1. The second-order valence-electron chi connectivity index (χ2n) is 11.6. The van der Waals surface area contributed by atoms with Crippen LogP contribution in [0.5, 0.6) is 0 Å². The number of benzene rings is 2. The molecule has 5 rings (SSSR count). The van der Waals surface area contributed by atoms with Gasteiger partial charge in [-0.05, 0) is 69.4 Å². The molecule has 5 nitrogen and oxygen atoms in total. The Morgan fingerprint density at radius 2 is 1.73 bits per heavy atom. The first-order valence-electron chi connectivity index (χ1n) is 14.0. The van der Waals surface area contributed by atoms with Gasteiger partial charge in [0.2, 0.25) is 0 Å². The Labute approximate surface area is 222 Å². The Hall–Kier alpha value is -2.89. The van der Waals surface area contributed by atoms with Crippen LogP contribution in [0.15, 0.2) is 54.7 Å². The molecule has 0 aliphatic carbocycles. The predicted octanol–water partition coefficient (Wildman–Crippen LogP) is 5.90. The van der Waals surface area contributed by atoms with Crippen LogP contribution in [0.1, 0.15) is 62.0 Å². The zero-order valence-electron chi connectivity index (χ0n) is 23.1. The third kappa shape index (κ3) is 5.53. The van der Waals surface area contributed by atoms with Crippen molar-refractivity contribution in [3.05, 3.63) is 71.4 Å². The molecule has 2 aliphatic rings. The van der Waals surface area contributed by atoms with Gasteiger partial charge in [0.15, 0.2) is 0 Å². The first-order valence-corrected chi connectivity index (χ1v) is 14.0. The van der Waals surface area contributed by atoms with Crippen molar-refractivity contribution in [3.63, 3.8) is 0 Å². The molecule has 0 spiro atoms. The van der Waals surface area contributed by atoms with E-state index in [4.69, 9.17) is 0 Å². The topological polar surface area (TPSA) is 40.5 Å². The molecule has 1 saturated heterocycles. The maximum atomic E-state index is 13.5. The van der Waals surface area contributed by atoms with Crippen LogP contribution in [0.2, 0.25) is 0 Å². The first-order chi connectivity index (χ1) is 17.8. The number of rotatable bonds is 6. The summed E-state index contributed by atoms with van der Waals surface area (Å²) in [6.45, 7) is 15.5. The molecular weight excluding hydrogens is 456 g/mol. The molecule has 0 saturated carbocycles. The lowest BCUT2D eigenvalue weighted by Crippen LogP contribution is -2.50. The van der Waals surface area contributed by atoms with E-state index < -0.39 is 0 Å². The highest BCUT2D eigenvalue weighted by Gasteiger charge is 2.25. The Morgan fingerprint density at radius 1 is 1.00 bits per heavy atom. The van der Waals surface area contributed by atoms with Gasteiger partial charge in [-0.2, -0.15) is 0 Å². The van der Waals surface area contributed by atoms with Gasteiger partial charge in [0.1, 0.15) is 0 Å². The highest BCUT2D eigenvalue weighted by atomic mass is 16.2. The molecule has 5 heteroatoms. The van der Waals surface area contributed by atoms with Gasteiger partial charge in [-0.15, -0.1) is 0 Å². The first kappa shape index (κ1) is 25.7. The van der Waals surface area contributed by atoms with E-state index in [0.29, 0.717) is 18.0 Å². The molecule has 3 aromatic rings. The van der Waals surface area contributed by atoms with E-state index in [2.05, 4.69) is 98.1 Å². The molecule has 1 aromatic heterocycles. The molecule has 1 fully saturated rings. The molecule has 2 aromatic carbocycles. The summed E-state index contributed by atoms with van der Waals surface area (Å²) in [5.74, 6) is 0.809. The van der Waals surface area contributed by atoms with Crippen LogP contribution in [0.3, 0.4) is 0 Å². The smallest absolute Gasteiger partial charge is 0.254 e. The number of carbonyl (C=O) groups is 1. The van der Waals surface area contributed by atoms with Gasteiger partial charge in [-0.3, -0.25) is 9.69 Å². The monoisotopic (exact) mass is 498 g/mol. The van der Waals surface area contributed by atoms with Gasteiger partial charge in [0, 0.05) is 73.2 Å². The van der Waals surface area contributed by atoms with Crippen molar-refractivity contribution in [1.29, 1.82) is 0 Å². The van der Waals surface area contributed by atoms with E-state index >= 15 is 0 Å². The zero-order chi connectivity index (χ0) is 26.1. The zero-order valence-corrected chi connectivity index (χ0v) is 23.1. The van der Waals surface area contributed by atoms with Crippen molar-refractivity contribution in [2.75, 3.05) is 32.7 Å². The molecule has 1 amide bonds. The molecule has 3 heterocycles. The fourth-order valence-electron chi connectivity index (χ4n) is 5.88. The minimum Gasteiger partial charge on any atom is -0.336 e. The fraction of sp³-hybridized carbons (Fsp3) is 0.469.